The molecule has 0 fully saturated rings. The van der Waals surface area contributed by atoms with Gasteiger partial charge in [0.05, 0.1) is 0 Å². The predicted octanol–water partition coefficient (Wildman–Crippen LogP) is -0.452. The van der Waals surface area contributed by atoms with Gasteiger partial charge in [-0.1, -0.05) is 0 Å². The van der Waals surface area contributed by atoms with Crippen molar-refractivity contribution in [3.63, 3.8) is 0 Å². The van der Waals surface area contributed by atoms with E-state index >= 15 is 0 Å². The van der Waals surface area contributed by atoms with Crippen LogP contribution in [0.4, 0.5) is 17.8 Å². The summed E-state index contributed by atoms with van der Waals surface area (Å²) in [6.07, 6.45) is 0.633. The number of anilines is 3. The van der Waals surface area contributed by atoms with Gasteiger partial charge in [-0.15, -0.1) is 0 Å². The number of aromatic nitrogens is 3. The molecule has 76 valence electrons. The lowest BCUT2D eigenvalue weighted by atomic mass is 10.7. The van der Waals surface area contributed by atoms with E-state index in [2.05, 4.69) is 25.6 Å². The monoisotopic (exact) mass is 196 g/mol. The van der Waals surface area contributed by atoms with Crippen LogP contribution in [0.3, 0.4) is 0 Å². The van der Waals surface area contributed by atoms with E-state index in [0.717, 1.165) is 0 Å². The van der Waals surface area contributed by atoms with Gasteiger partial charge >= 0.3 is 0 Å². The van der Waals surface area contributed by atoms with E-state index in [1.54, 1.807) is 21.1 Å². The third kappa shape index (κ3) is 2.06. The molecule has 7 heteroatoms. The summed E-state index contributed by atoms with van der Waals surface area (Å²) in [5.41, 5.74) is 0. The van der Waals surface area contributed by atoms with Crippen molar-refractivity contribution in [2.75, 3.05) is 36.7 Å². The number of hydrogen-bond donors (Lipinski definition) is 2. The zero-order chi connectivity index (χ0) is 10.6. The van der Waals surface area contributed by atoms with Crippen LogP contribution in [0, 0.1) is 0 Å². The van der Waals surface area contributed by atoms with E-state index in [4.69, 9.17) is 0 Å². The van der Waals surface area contributed by atoms with Crippen molar-refractivity contribution in [2.45, 2.75) is 0 Å². The maximum Gasteiger partial charge on any atom is 0.238 e. The minimum absolute atomic E-state index is 0.295. The van der Waals surface area contributed by atoms with E-state index in [1.165, 1.54) is 4.90 Å². The molecule has 0 saturated heterocycles. The zero-order valence-corrected chi connectivity index (χ0v) is 8.27. The first-order valence-corrected chi connectivity index (χ1v) is 4.01. The van der Waals surface area contributed by atoms with Crippen molar-refractivity contribution < 1.29 is 4.79 Å². The predicted molar refractivity (Wildman–Crippen MR) is 53.4 cm³/mol. The highest BCUT2D eigenvalue weighted by Gasteiger charge is 2.07. The zero-order valence-electron chi connectivity index (χ0n) is 8.27. The van der Waals surface area contributed by atoms with E-state index in [-0.39, 0.29) is 0 Å². The van der Waals surface area contributed by atoms with Crippen LogP contribution in [0.15, 0.2) is 0 Å². The van der Waals surface area contributed by atoms with E-state index in [0.29, 0.717) is 24.3 Å². The molecule has 14 heavy (non-hydrogen) atoms. The van der Waals surface area contributed by atoms with Crippen molar-refractivity contribution in [2.24, 2.45) is 0 Å². The molecule has 0 atom stereocenters. The number of rotatable bonds is 4. The summed E-state index contributed by atoms with van der Waals surface area (Å²) in [4.78, 5) is 23.7. The van der Waals surface area contributed by atoms with Crippen molar-refractivity contribution in [1.29, 1.82) is 0 Å². The second-order valence-corrected chi connectivity index (χ2v) is 2.50. The van der Waals surface area contributed by atoms with Crippen LogP contribution in [0.1, 0.15) is 0 Å². The highest BCUT2D eigenvalue weighted by molar-refractivity contribution is 5.70. The molecule has 1 aromatic heterocycles. The Kier molecular flexibility index (Phi) is 3.16. The number of nitrogens with one attached hydrogen (secondary N) is 2. The van der Waals surface area contributed by atoms with Crippen molar-refractivity contribution in [3.05, 3.63) is 0 Å². The minimum atomic E-state index is 0.295. The number of carbonyl (C=O) groups excluding carboxylic acids is 1. The Bertz CT molecular complexity index is 306. The number of carbonyl (C=O) groups is 1. The van der Waals surface area contributed by atoms with Crippen LogP contribution < -0.4 is 15.5 Å². The average molecular weight is 196 g/mol. The molecular weight excluding hydrogens is 184 g/mol. The Morgan fingerprint density at radius 3 is 2.00 bits per heavy atom. The number of amides is 1. The first-order valence-electron chi connectivity index (χ1n) is 4.01. The van der Waals surface area contributed by atoms with Gasteiger partial charge in [-0.3, -0.25) is 9.69 Å². The first kappa shape index (κ1) is 10.2. The Labute approximate surface area is 81.6 Å². The van der Waals surface area contributed by atoms with E-state index in [9.17, 15) is 4.79 Å². The molecule has 0 aliphatic carbocycles. The third-order valence-corrected chi connectivity index (χ3v) is 1.54. The maximum absolute atomic E-state index is 10.5. The third-order valence-electron chi connectivity index (χ3n) is 1.54. The lowest BCUT2D eigenvalue weighted by molar-refractivity contribution is -0.107. The fourth-order valence-corrected chi connectivity index (χ4v) is 0.793. The molecule has 0 radical (unpaired) electrons. The lowest BCUT2D eigenvalue weighted by Crippen LogP contribution is -2.19. The second-order valence-electron chi connectivity index (χ2n) is 2.50. The van der Waals surface area contributed by atoms with Crippen LogP contribution in [0.5, 0.6) is 0 Å². The minimum Gasteiger partial charge on any atom is -0.357 e. The molecule has 0 aromatic carbocycles. The summed E-state index contributed by atoms with van der Waals surface area (Å²) in [6, 6.07) is 0. The molecule has 0 unspecified atom stereocenters. The largest absolute Gasteiger partial charge is 0.357 e. The van der Waals surface area contributed by atoms with Crippen molar-refractivity contribution in [3.8, 4) is 0 Å². The van der Waals surface area contributed by atoms with Crippen LogP contribution in [0.2, 0.25) is 0 Å². The molecular formula is C7H12N6O. The SMILES string of the molecule is CNc1nc(NC)nc(N(C)C=O)n1. The maximum atomic E-state index is 10.5. The Balaban J connectivity index is 3.09. The van der Waals surface area contributed by atoms with Gasteiger partial charge < -0.3 is 10.6 Å². The van der Waals surface area contributed by atoms with Gasteiger partial charge in [-0.25, -0.2) is 0 Å². The van der Waals surface area contributed by atoms with E-state index in [1.807, 2.05) is 0 Å². The van der Waals surface area contributed by atoms with Gasteiger partial charge in [0.1, 0.15) is 0 Å². The molecule has 0 bridgehead atoms. The van der Waals surface area contributed by atoms with Crippen LogP contribution >= 0.6 is 0 Å². The summed E-state index contributed by atoms with van der Waals surface area (Å²) in [7, 11) is 4.96. The molecule has 0 aliphatic heterocycles. The molecule has 1 aromatic rings. The Morgan fingerprint density at radius 2 is 1.64 bits per heavy atom. The standard InChI is InChI=1S/C7H12N6O/c1-8-5-10-6(9-2)12-7(11-5)13(3)4-14/h4H,1-3H3,(H2,8,9,10,11,12). The Morgan fingerprint density at radius 1 is 1.14 bits per heavy atom. The van der Waals surface area contributed by atoms with Gasteiger partial charge in [-0.2, -0.15) is 15.0 Å². The van der Waals surface area contributed by atoms with Gasteiger partial charge in [0, 0.05) is 21.1 Å². The molecule has 1 rings (SSSR count). The Hall–Kier alpha value is -1.92. The topological polar surface area (TPSA) is 83.0 Å². The van der Waals surface area contributed by atoms with Crippen molar-refractivity contribution in [1.82, 2.24) is 15.0 Å². The second kappa shape index (κ2) is 4.35. The van der Waals surface area contributed by atoms with Crippen molar-refractivity contribution >= 4 is 24.3 Å². The molecule has 1 amide bonds. The molecule has 7 nitrogen and oxygen atoms in total. The van der Waals surface area contributed by atoms with Crippen LogP contribution in [-0.4, -0.2) is 42.5 Å². The molecule has 0 spiro atoms. The fourth-order valence-electron chi connectivity index (χ4n) is 0.793. The summed E-state index contributed by atoms with van der Waals surface area (Å²) in [6.45, 7) is 0. The first-order chi connectivity index (χ1) is 6.71. The van der Waals surface area contributed by atoms with E-state index < -0.39 is 0 Å². The highest BCUT2D eigenvalue weighted by Crippen LogP contribution is 2.09. The quantitative estimate of drug-likeness (QED) is 0.634. The summed E-state index contributed by atoms with van der Waals surface area (Å²) >= 11 is 0. The average Bonchev–Trinajstić information content (AvgIpc) is 2.27. The van der Waals surface area contributed by atoms with Crippen LogP contribution in [-0.2, 0) is 4.79 Å². The molecule has 0 saturated carbocycles. The summed E-state index contributed by atoms with van der Waals surface area (Å²) < 4.78 is 0. The molecule has 0 aliphatic rings. The van der Waals surface area contributed by atoms with Gasteiger partial charge in [0.25, 0.3) is 0 Å². The molecule has 1 heterocycles. The van der Waals surface area contributed by atoms with Crippen LogP contribution in [0.25, 0.3) is 0 Å². The number of hydrogen-bond acceptors (Lipinski definition) is 6. The lowest BCUT2D eigenvalue weighted by Gasteiger charge is -2.10. The summed E-state index contributed by atoms with van der Waals surface area (Å²) in [5, 5.41) is 5.55. The van der Waals surface area contributed by atoms with Gasteiger partial charge in [0.2, 0.25) is 24.3 Å². The molecule has 2 N–H and O–H groups in total. The van der Waals surface area contributed by atoms with Gasteiger partial charge in [0.15, 0.2) is 0 Å². The van der Waals surface area contributed by atoms with Gasteiger partial charge in [-0.05, 0) is 0 Å². The highest BCUT2D eigenvalue weighted by atomic mass is 16.1. The number of nitrogens with zero attached hydrogens (tertiary/aromatic N) is 4. The fraction of sp³-hybridized carbons (Fsp3) is 0.429. The smallest absolute Gasteiger partial charge is 0.238 e. The summed E-state index contributed by atoms with van der Waals surface area (Å²) in [5.74, 6) is 1.12. The normalized spacial score (nSPS) is 9.36.